The number of amides is 1. The Bertz CT molecular complexity index is 866. The van der Waals surface area contributed by atoms with Gasteiger partial charge in [-0.1, -0.05) is 31.6 Å². The summed E-state index contributed by atoms with van der Waals surface area (Å²) in [5.41, 5.74) is 0.674. The molecular formula is C25H35NO4. The second-order valence-corrected chi connectivity index (χ2v) is 10.5. The van der Waals surface area contributed by atoms with Gasteiger partial charge in [0.05, 0.1) is 11.5 Å². The number of nitrogens with one attached hydrogen (secondary N) is 1. The minimum Gasteiger partial charge on any atom is -0.386 e. The summed E-state index contributed by atoms with van der Waals surface area (Å²) >= 11 is 0. The second-order valence-electron chi connectivity index (χ2n) is 10.5. The molecule has 164 valence electrons. The number of carbonyl (C=O) groups is 2. The van der Waals surface area contributed by atoms with Crippen molar-refractivity contribution in [2.75, 3.05) is 0 Å². The zero-order valence-electron chi connectivity index (χ0n) is 19.0. The van der Waals surface area contributed by atoms with Gasteiger partial charge in [-0.05, 0) is 70.3 Å². The highest BCUT2D eigenvalue weighted by molar-refractivity contribution is 5.94. The number of rotatable bonds is 3. The molecule has 2 aliphatic heterocycles. The summed E-state index contributed by atoms with van der Waals surface area (Å²) in [6.45, 7) is 12.1. The summed E-state index contributed by atoms with van der Waals surface area (Å²) in [5, 5.41) is 15.0. The second kappa shape index (κ2) is 7.16. The molecule has 1 amide bonds. The van der Waals surface area contributed by atoms with Crippen LogP contribution in [-0.2, 0) is 14.3 Å². The third-order valence-corrected chi connectivity index (χ3v) is 8.17. The van der Waals surface area contributed by atoms with E-state index < -0.39 is 23.2 Å². The van der Waals surface area contributed by atoms with Gasteiger partial charge in [0.1, 0.15) is 17.5 Å². The van der Waals surface area contributed by atoms with Crippen molar-refractivity contribution in [3.63, 3.8) is 0 Å². The van der Waals surface area contributed by atoms with E-state index in [1.165, 1.54) is 0 Å². The lowest BCUT2D eigenvalue weighted by Crippen LogP contribution is -2.62. The Morgan fingerprint density at radius 2 is 2.00 bits per heavy atom. The number of hydrogen-bond donors (Lipinski definition) is 2. The molecule has 2 heterocycles. The summed E-state index contributed by atoms with van der Waals surface area (Å²) < 4.78 is 6.55. The van der Waals surface area contributed by atoms with E-state index in [0.29, 0.717) is 12.3 Å². The molecule has 2 aliphatic carbocycles. The van der Waals surface area contributed by atoms with Crippen LogP contribution in [0.2, 0.25) is 0 Å². The maximum Gasteiger partial charge on any atom is 0.248 e. The summed E-state index contributed by atoms with van der Waals surface area (Å²) in [7, 11) is 0. The maximum absolute atomic E-state index is 13.8. The number of hydrogen-bond acceptors (Lipinski definition) is 4. The van der Waals surface area contributed by atoms with E-state index in [1.807, 2.05) is 39.8 Å². The van der Waals surface area contributed by atoms with Crippen molar-refractivity contribution in [3.05, 3.63) is 35.1 Å². The topological polar surface area (TPSA) is 75.6 Å². The van der Waals surface area contributed by atoms with Gasteiger partial charge in [-0.15, -0.1) is 0 Å². The van der Waals surface area contributed by atoms with Crippen molar-refractivity contribution in [1.82, 2.24) is 5.32 Å². The molecule has 0 bridgehead atoms. The molecule has 8 atom stereocenters. The molecule has 0 spiro atoms. The third-order valence-electron chi connectivity index (χ3n) is 8.17. The molecule has 30 heavy (non-hydrogen) atoms. The van der Waals surface area contributed by atoms with Crippen molar-refractivity contribution in [2.24, 2.45) is 29.6 Å². The zero-order chi connectivity index (χ0) is 22.0. The fourth-order valence-corrected chi connectivity index (χ4v) is 6.68. The highest BCUT2D eigenvalue weighted by Gasteiger charge is 2.71. The van der Waals surface area contributed by atoms with E-state index in [0.717, 1.165) is 29.7 Å². The first-order valence-corrected chi connectivity index (χ1v) is 11.3. The molecule has 0 radical (unpaired) electrons. The number of fused-ring (bicyclic) bond motifs is 2. The fourth-order valence-electron chi connectivity index (χ4n) is 6.68. The summed E-state index contributed by atoms with van der Waals surface area (Å²) in [6.07, 6.45) is 7.48. The lowest BCUT2D eigenvalue weighted by atomic mass is 9.55. The summed E-state index contributed by atoms with van der Waals surface area (Å²) in [5.74, 6) is 0.00107. The quantitative estimate of drug-likeness (QED) is 0.692. The van der Waals surface area contributed by atoms with Crippen LogP contribution in [0.5, 0.6) is 0 Å². The van der Waals surface area contributed by atoms with Crippen LogP contribution in [0.4, 0.5) is 0 Å². The average molecular weight is 414 g/mol. The number of ether oxygens (including phenoxy) is 1. The molecule has 1 saturated heterocycles. The third kappa shape index (κ3) is 3.04. The van der Waals surface area contributed by atoms with Crippen LogP contribution in [0.25, 0.3) is 0 Å². The molecule has 2 N–H and O–H groups in total. The number of Topliss-reactive ketones (excluding diaryl/α,β-unsaturated/α-hetero) is 1. The molecule has 0 aromatic heterocycles. The van der Waals surface area contributed by atoms with Gasteiger partial charge in [-0.2, -0.15) is 0 Å². The summed E-state index contributed by atoms with van der Waals surface area (Å²) in [6, 6.07) is 0. The molecule has 0 aromatic carbocycles. The Kier molecular flexibility index (Phi) is 5.14. The van der Waals surface area contributed by atoms with Crippen LogP contribution in [0.15, 0.2) is 35.1 Å². The Morgan fingerprint density at radius 3 is 2.60 bits per heavy atom. The molecule has 0 aromatic rings. The van der Waals surface area contributed by atoms with Gasteiger partial charge < -0.3 is 15.2 Å². The molecule has 5 nitrogen and oxygen atoms in total. The van der Waals surface area contributed by atoms with Crippen molar-refractivity contribution in [1.29, 1.82) is 0 Å². The lowest BCUT2D eigenvalue weighted by molar-refractivity contribution is -0.160. The first-order valence-electron chi connectivity index (χ1n) is 11.3. The molecule has 5 heteroatoms. The van der Waals surface area contributed by atoms with Crippen molar-refractivity contribution in [2.45, 2.75) is 78.1 Å². The number of carbonyl (C=O) groups excluding carboxylic acids is 2. The molecule has 2 saturated carbocycles. The van der Waals surface area contributed by atoms with Crippen LogP contribution in [-0.4, -0.2) is 34.1 Å². The molecule has 3 fully saturated rings. The van der Waals surface area contributed by atoms with Gasteiger partial charge in [-0.3, -0.25) is 9.59 Å². The largest absolute Gasteiger partial charge is 0.386 e. The smallest absolute Gasteiger partial charge is 0.248 e. The highest BCUT2D eigenvalue weighted by Crippen LogP contribution is 2.60. The Balaban J connectivity index is 1.76. The van der Waals surface area contributed by atoms with Gasteiger partial charge in [0.15, 0.2) is 0 Å². The van der Waals surface area contributed by atoms with Gasteiger partial charge in [0, 0.05) is 17.7 Å². The predicted octanol–water partition coefficient (Wildman–Crippen LogP) is 3.69. The van der Waals surface area contributed by atoms with Crippen LogP contribution in [0.1, 0.15) is 60.8 Å². The molecule has 0 unspecified atom stereocenters. The van der Waals surface area contributed by atoms with E-state index in [1.54, 1.807) is 6.08 Å². The minimum atomic E-state index is -1.21. The minimum absolute atomic E-state index is 0.000814. The van der Waals surface area contributed by atoms with Crippen LogP contribution in [0.3, 0.4) is 0 Å². The normalized spacial score (nSPS) is 46.5. The molecule has 4 rings (SSSR count). The molecule has 4 aliphatic rings. The maximum atomic E-state index is 13.8. The SMILES string of the molecule is CC(C)=C[C@H]1O[C@@](C)(C/C=C2\NC(=O)C=C2C)[C@@H]2C(=O)[C@H]3[C@@H](CC[C@@H]3C)[C@H](C)[C@@]21O. The van der Waals surface area contributed by atoms with Crippen molar-refractivity contribution < 1.29 is 19.4 Å². The van der Waals surface area contributed by atoms with Crippen LogP contribution < -0.4 is 5.32 Å². The van der Waals surface area contributed by atoms with Gasteiger partial charge >= 0.3 is 0 Å². The summed E-state index contributed by atoms with van der Waals surface area (Å²) in [4.78, 5) is 25.5. The zero-order valence-corrected chi connectivity index (χ0v) is 19.0. The number of allylic oxidation sites excluding steroid dienone is 2. The van der Waals surface area contributed by atoms with E-state index >= 15 is 0 Å². The fraction of sp³-hybridized carbons (Fsp3) is 0.680. The van der Waals surface area contributed by atoms with Gasteiger partial charge in [-0.25, -0.2) is 0 Å². The first-order chi connectivity index (χ1) is 14.0. The molecular weight excluding hydrogens is 378 g/mol. The standard InChI is InChI=1S/C25H35NO4/c1-13(2)11-19-25(29)16(5)17-8-7-14(3)21(17)22(28)23(25)24(6,30-19)10-9-18-15(4)12-20(27)26-18/h9,11-12,14,16-17,19,21,23,29H,7-8,10H2,1-6H3,(H,26,27)/b18-9-/t14-,16-,17-,19+,21+,23-,24-,25-/m0/s1. The van der Waals surface area contributed by atoms with Crippen LogP contribution in [0, 0.1) is 29.6 Å². The van der Waals surface area contributed by atoms with Gasteiger partial charge in [0.2, 0.25) is 5.91 Å². The lowest BCUT2D eigenvalue weighted by Gasteiger charge is -2.49. The first kappa shape index (κ1) is 21.5. The van der Waals surface area contributed by atoms with Crippen molar-refractivity contribution >= 4 is 11.7 Å². The Morgan fingerprint density at radius 1 is 1.30 bits per heavy atom. The van der Waals surface area contributed by atoms with E-state index in [9.17, 15) is 14.7 Å². The number of aliphatic hydroxyl groups is 1. The van der Waals surface area contributed by atoms with Gasteiger partial charge in [0.25, 0.3) is 0 Å². The highest BCUT2D eigenvalue weighted by atomic mass is 16.5. The van der Waals surface area contributed by atoms with E-state index in [-0.39, 0.29) is 29.4 Å². The van der Waals surface area contributed by atoms with Crippen molar-refractivity contribution in [3.8, 4) is 0 Å². The number of ketones is 1. The monoisotopic (exact) mass is 413 g/mol. The Hall–Kier alpha value is -1.72. The van der Waals surface area contributed by atoms with Crippen LogP contribution >= 0.6 is 0 Å². The average Bonchev–Trinajstić information content (AvgIpc) is 3.25. The Labute approximate surface area is 179 Å². The van der Waals surface area contributed by atoms with E-state index in [2.05, 4.69) is 19.2 Å². The van der Waals surface area contributed by atoms with E-state index in [4.69, 9.17) is 4.74 Å². The predicted molar refractivity (Wildman–Crippen MR) is 115 cm³/mol.